The van der Waals surface area contributed by atoms with Crippen LogP contribution in [-0.4, -0.2) is 16.5 Å². The molecule has 0 spiro atoms. The van der Waals surface area contributed by atoms with Crippen LogP contribution in [0.25, 0.3) is 0 Å². The highest BCUT2D eigenvalue weighted by Crippen LogP contribution is 2.22. The first-order valence-electron chi connectivity index (χ1n) is 4.89. The normalized spacial score (nSPS) is 12.9. The summed E-state index contributed by atoms with van der Waals surface area (Å²) in [7, 11) is 0. The highest BCUT2D eigenvalue weighted by Gasteiger charge is 2.13. The Kier molecular flexibility index (Phi) is 3.82. The lowest BCUT2D eigenvalue weighted by molar-refractivity contribution is 0.560. The van der Waals surface area contributed by atoms with Crippen molar-refractivity contribution in [2.45, 2.75) is 19.4 Å². The molecule has 2 aromatic rings. The van der Waals surface area contributed by atoms with Crippen LogP contribution in [0.2, 0.25) is 0 Å². The summed E-state index contributed by atoms with van der Waals surface area (Å²) >= 11 is 3.41. The molecule has 0 aliphatic rings. The molecule has 2 aromatic heterocycles. The van der Waals surface area contributed by atoms with E-state index < -0.39 is 0 Å². The van der Waals surface area contributed by atoms with Gasteiger partial charge in [-0.3, -0.25) is 9.97 Å². The molecule has 5 heteroatoms. The molecular weight excluding hydrogens is 226 g/mol. The van der Waals surface area contributed by atoms with Crippen LogP contribution < -0.4 is 5.32 Å². The predicted molar refractivity (Wildman–Crippen MR) is 64.3 cm³/mol. The second kappa shape index (κ2) is 5.34. The lowest BCUT2D eigenvalue weighted by atomic mass is 10.1. The van der Waals surface area contributed by atoms with Crippen LogP contribution in [0.4, 0.5) is 0 Å². The third-order valence-electron chi connectivity index (χ3n) is 2.13. The highest BCUT2D eigenvalue weighted by molar-refractivity contribution is 7.10. The lowest BCUT2D eigenvalue weighted by Crippen LogP contribution is -2.21. The van der Waals surface area contributed by atoms with E-state index in [0.29, 0.717) is 6.04 Å². The number of aromatic nitrogens is 2. The van der Waals surface area contributed by atoms with Crippen molar-refractivity contribution >= 4 is 22.7 Å². The summed E-state index contributed by atoms with van der Waals surface area (Å²) < 4.78 is 0. The van der Waals surface area contributed by atoms with E-state index in [9.17, 15) is 0 Å². The Balaban J connectivity index is 2.07. The van der Waals surface area contributed by atoms with Crippen LogP contribution in [0.5, 0.6) is 0 Å². The van der Waals surface area contributed by atoms with E-state index in [2.05, 4.69) is 22.2 Å². The summed E-state index contributed by atoms with van der Waals surface area (Å²) in [6, 6.07) is 0.378. The van der Waals surface area contributed by atoms with Crippen molar-refractivity contribution in [2.24, 2.45) is 0 Å². The minimum Gasteiger partial charge on any atom is -0.309 e. The molecule has 2 heterocycles. The first-order chi connectivity index (χ1) is 7.40. The third kappa shape index (κ3) is 2.84. The number of likely N-dealkylation sites (N-methyl/N-ethyl adjacent to an activating group) is 1. The molecule has 0 aliphatic carbocycles. The number of nitrogens with one attached hydrogen (secondary N) is 1. The minimum atomic E-state index is 0.378. The van der Waals surface area contributed by atoms with E-state index in [1.54, 1.807) is 22.7 Å². The Morgan fingerprint density at radius 1 is 1.27 bits per heavy atom. The van der Waals surface area contributed by atoms with E-state index >= 15 is 0 Å². The van der Waals surface area contributed by atoms with E-state index in [1.807, 2.05) is 23.4 Å². The Morgan fingerprint density at radius 3 is 2.67 bits per heavy atom. The Bertz CT molecular complexity index is 369. The van der Waals surface area contributed by atoms with Crippen molar-refractivity contribution in [1.29, 1.82) is 0 Å². The highest BCUT2D eigenvalue weighted by atomic mass is 32.1. The molecule has 3 nitrogen and oxygen atoms in total. The van der Waals surface area contributed by atoms with Gasteiger partial charge in [-0.05, 0) is 6.54 Å². The van der Waals surface area contributed by atoms with Crippen molar-refractivity contribution in [1.82, 2.24) is 15.3 Å². The number of hydrogen-bond donors (Lipinski definition) is 1. The van der Waals surface area contributed by atoms with Gasteiger partial charge in [-0.2, -0.15) is 0 Å². The van der Waals surface area contributed by atoms with Crippen LogP contribution in [0, 0.1) is 0 Å². The molecule has 0 aliphatic heterocycles. The van der Waals surface area contributed by atoms with Gasteiger partial charge in [0.1, 0.15) is 0 Å². The van der Waals surface area contributed by atoms with Crippen molar-refractivity contribution in [3.05, 3.63) is 33.2 Å². The molecule has 2 rings (SSSR count). The maximum Gasteiger partial charge on any atom is 0.0794 e. The molecule has 15 heavy (non-hydrogen) atoms. The minimum absolute atomic E-state index is 0.378. The average Bonchev–Trinajstić information content (AvgIpc) is 2.89. The maximum absolute atomic E-state index is 4.12. The topological polar surface area (TPSA) is 37.8 Å². The zero-order valence-corrected chi connectivity index (χ0v) is 10.1. The molecule has 0 saturated heterocycles. The quantitative estimate of drug-likeness (QED) is 0.871. The standard InChI is InChI=1S/C10H13N3S2/c1-2-13-9(10-5-12-7-15-10)3-8-4-11-6-14-8/h4-7,9,13H,2-3H2,1H3. The number of hydrogen-bond acceptors (Lipinski definition) is 5. The molecule has 0 saturated carbocycles. The van der Waals surface area contributed by atoms with Crippen LogP contribution in [0.1, 0.15) is 22.7 Å². The van der Waals surface area contributed by atoms with Gasteiger partial charge in [0.05, 0.1) is 11.0 Å². The maximum atomic E-state index is 4.12. The fourth-order valence-corrected chi connectivity index (χ4v) is 2.80. The van der Waals surface area contributed by atoms with E-state index in [4.69, 9.17) is 0 Å². The Morgan fingerprint density at radius 2 is 2.07 bits per heavy atom. The molecule has 80 valence electrons. The first kappa shape index (κ1) is 10.7. The predicted octanol–water partition coefficient (Wildman–Crippen LogP) is 2.49. The second-order valence-electron chi connectivity index (χ2n) is 3.19. The monoisotopic (exact) mass is 239 g/mol. The molecule has 1 N–H and O–H groups in total. The van der Waals surface area contributed by atoms with Crippen LogP contribution in [-0.2, 0) is 6.42 Å². The Labute approximate surface area is 97.2 Å². The van der Waals surface area contributed by atoms with Gasteiger partial charge in [-0.25, -0.2) is 0 Å². The van der Waals surface area contributed by atoms with Gasteiger partial charge in [0, 0.05) is 34.6 Å². The van der Waals surface area contributed by atoms with Crippen LogP contribution >= 0.6 is 22.7 Å². The summed E-state index contributed by atoms with van der Waals surface area (Å²) in [5.41, 5.74) is 3.76. The van der Waals surface area contributed by atoms with Gasteiger partial charge < -0.3 is 5.32 Å². The lowest BCUT2D eigenvalue weighted by Gasteiger charge is -2.14. The summed E-state index contributed by atoms with van der Waals surface area (Å²) in [5.74, 6) is 0. The zero-order valence-electron chi connectivity index (χ0n) is 8.51. The first-order valence-corrected chi connectivity index (χ1v) is 6.65. The molecule has 0 amide bonds. The van der Waals surface area contributed by atoms with Gasteiger partial charge in [0.15, 0.2) is 0 Å². The van der Waals surface area contributed by atoms with Gasteiger partial charge in [0.25, 0.3) is 0 Å². The van der Waals surface area contributed by atoms with Gasteiger partial charge in [-0.15, -0.1) is 22.7 Å². The molecule has 0 radical (unpaired) electrons. The fourth-order valence-electron chi connectivity index (χ4n) is 1.46. The third-order valence-corrected chi connectivity index (χ3v) is 3.83. The van der Waals surface area contributed by atoms with Crippen LogP contribution in [0.3, 0.4) is 0 Å². The summed E-state index contributed by atoms with van der Waals surface area (Å²) in [6.07, 6.45) is 4.88. The number of thiazole rings is 2. The van der Waals surface area contributed by atoms with E-state index in [1.165, 1.54) is 9.75 Å². The molecule has 0 bridgehead atoms. The van der Waals surface area contributed by atoms with Crippen molar-refractivity contribution in [3.8, 4) is 0 Å². The zero-order chi connectivity index (χ0) is 10.5. The second-order valence-corrected chi connectivity index (χ2v) is 5.07. The summed E-state index contributed by atoms with van der Waals surface area (Å²) in [5, 5.41) is 3.47. The van der Waals surface area contributed by atoms with Gasteiger partial charge in [-0.1, -0.05) is 6.92 Å². The molecule has 0 fully saturated rings. The van der Waals surface area contributed by atoms with E-state index in [0.717, 1.165) is 13.0 Å². The van der Waals surface area contributed by atoms with Gasteiger partial charge >= 0.3 is 0 Å². The fraction of sp³-hybridized carbons (Fsp3) is 0.400. The molecule has 0 aromatic carbocycles. The molecule has 1 unspecified atom stereocenters. The average molecular weight is 239 g/mol. The van der Waals surface area contributed by atoms with Crippen molar-refractivity contribution in [3.63, 3.8) is 0 Å². The summed E-state index contributed by atoms with van der Waals surface area (Å²) in [6.45, 7) is 3.10. The van der Waals surface area contributed by atoms with Crippen molar-refractivity contribution < 1.29 is 0 Å². The Hall–Kier alpha value is -0.780. The number of rotatable bonds is 5. The molecular formula is C10H13N3S2. The van der Waals surface area contributed by atoms with Gasteiger partial charge in [0.2, 0.25) is 0 Å². The molecule has 1 atom stereocenters. The SMILES string of the molecule is CCNC(Cc1cncs1)c1cncs1. The van der Waals surface area contributed by atoms with Crippen LogP contribution in [0.15, 0.2) is 23.4 Å². The number of nitrogens with zero attached hydrogens (tertiary/aromatic N) is 2. The van der Waals surface area contributed by atoms with Crippen molar-refractivity contribution in [2.75, 3.05) is 6.54 Å². The van der Waals surface area contributed by atoms with E-state index in [-0.39, 0.29) is 0 Å². The largest absolute Gasteiger partial charge is 0.309 e. The summed E-state index contributed by atoms with van der Waals surface area (Å²) in [4.78, 5) is 10.8. The smallest absolute Gasteiger partial charge is 0.0794 e.